The SMILES string of the molecule is CCCCCCC(O)c1ccc(NN(CC=CCSCC(=O)O)S(C)(=O)=O)cc1. The average molecular weight is 445 g/mol. The molecule has 0 saturated heterocycles. The summed E-state index contributed by atoms with van der Waals surface area (Å²) in [6.45, 7) is 2.27. The molecule has 0 aromatic heterocycles. The van der Waals surface area contributed by atoms with Crippen molar-refractivity contribution >= 4 is 33.4 Å². The van der Waals surface area contributed by atoms with Crippen molar-refractivity contribution in [1.82, 2.24) is 4.41 Å². The first kappa shape index (κ1) is 25.5. The topological polar surface area (TPSA) is 107 Å². The van der Waals surface area contributed by atoms with Crippen LogP contribution >= 0.6 is 11.8 Å². The van der Waals surface area contributed by atoms with Crippen LogP contribution in [0.1, 0.15) is 50.7 Å². The van der Waals surface area contributed by atoms with Crippen molar-refractivity contribution in [2.45, 2.75) is 45.1 Å². The summed E-state index contributed by atoms with van der Waals surface area (Å²) in [5.74, 6) is -0.374. The van der Waals surface area contributed by atoms with Crippen LogP contribution in [0.15, 0.2) is 36.4 Å². The van der Waals surface area contributed by atoms with Gasteiger partial charge in [-0.2, -0.15) is 0 Å². The zero-order valence-corrected chi connectivity index (χ0v) is 18.7. The maximum absolute atomic E-state index is 12.0. The molecule has 1 atom stereocenters. The van der Waals surface area contributed by atoms with Gasteiger partial charge < -0.3 is 15.6 Å². The van der Waals surface area contributed by atoms with Gasteiger partial charge in [0.25, 0.3) is 0 Å². The van der Waals surface area contributed by atoms with E-state index >= 15 is 0 Å². The molecule has 9 heteroatoms. The third-order valence-electron chi connectivity index (χ3n) is 4.16. The van der Waals surface area contributed by atoms with Gasteiger partial charge in [-0.3, -0.25) is 4.79 Å². The monoisotopic (exact) mass is 444 g/mol. The number of unbranched alkanes of at least 4 members (excludes halogenated alkanes) is 3. The highest BCUT2D eigenvalue weighted by atomic mass is 32.2. The number of nitrogens with zero attached hydrogens (tertiary/aromatic N) is 1. The number of thioether (sulfide) groups is 1. The molecule has 3 N–H and O–H groups in total. The maximum atomic E-state index is 12.0. The van der Waals surface area contributed by atoms with Gasteiger partial charge in [-0.1, -0.05) is 56.9 Å². The molecule has 1 unspecified atom stereocenters. The fourth-order valence-corrected chi connectivity index (χ4v) is 3.76. The molecule has 0 bridgehead atoms. The molecule has 0 aliphatic carbocycles. The molecule has 0 aliphatic rings. The van der Waals surface area contributed by atoms with Crippen LogP contribution in [0.3, 0.4) is 0 Å². The number of rotatable bonds is 15. The molecule has 0 amide bonds. The van der Waals surface area contributed by atoms with Gasteiger partial charge in [0.2, 0.25) is 10.0 Å². The molecule has 164 valence electrons. The lowest BCUT2D eigenvalue weighted by Crippen LogP contribution is -2.35. The van der Waals surface area contributed by atoms with Gasteiger partial charge in [0.1, 0.15) is 0 Å². The number of nitrogens with one attached hydrogen (secondary N) is 1. The molecule has 1 rings (SSSR count). The Balaban J connectivity index is 2.59. The van der Waals surface area contributed by atoms with E-state index in [1.54, 1.807) is 36.4 Å². The van der Waals surface area contributed by atoms with E-state index < -0.39 is 22.1 Å². The van der Waals surface area contributed by atoms with Crippen LogP contribution in [0.5, 0.6) is 0 Å². The summed E-state index contributed by atoms with van der Waals surface area (Å²) in [5, 5.41) is 18.9. The number of aliphatic hydroxyl groups excluding tert-OH is 1. The van der Waals surface area contributed by atoms with Crippen LogP contribution in [-0.4, -0.2) is 53.3 Å². The summed E-state index contributed by atoms with van der Waals surface area (Å²) < 4.78 is 25.1. The predicted octanol–water partition coefficient (Wildman–Crippen LogP) is 3.65. The molecule has 0 radical (unpaired) electrons. The summed E-state index contributed by atoms with van der Waals surface area (Å²) in [4.78, 5) is 10.5. The molecule has 0 saturated carbocycles. The van der Waals surface area contributed by atoms with Crippen molar-refractivity contribution in [2.75, 3.05) is 29.7 Å². The number of sulfonamides is 1. The Hall–Kier alpha value is -1.55. The molecular formula is C20H32N2O5S2. The molecule has 1 aromatic rings. The zero-order chi connectivity index (χ0) is 21.7. The molecule has 29 heavy (non-hydrogen) atoms. The highest BCUT2D eigenvalue weighted by Gasteiger charge is 2.15. The Bertz CT molecular complexity index is 736. The van der Waals surface area contributed by atoms with E-state index in [0.29, 0.717) is 17.9 Å². The largest absolute Gasteiger partial charge is 0.481 e. The third kappa shape index (κ3) is 11.3. The van der Waals surface area contributed by atoms with E-state index in [2.05, 4.69) is 12.3 Å². The summed E-state index contributed by atoms with van der Waals surface area (Å²) >= 11 is 1.24. The van der Waals surface area contributed by atoms with Crippen molar-refractivity contribution in [3.05, 3.63) is 42.0 Å². The standard InChI is InChI=1S/C20H32N2O5S2/c1-3-4-5-6-9-19(23)17-10-12-18(13-11-17)21-22(29(2,26)27)14-7-8-15-28-16-20(24)25/h7-8,10-13,19,21,23H,3-6,9,14-16H2,1-2H3,(H,24,25). The van der Waals surface area contributed by atoms with Gasteiger partial charge in [0.05, 0.1) is 30.3 Å². The minimum atomic E-state index is -3.49. The number of aliphatic hydroxyl groups is 1. The first-order valence-electron chi connectivity index (χ1n) is 9.71. The van der Waals surface area contributed by atoms with Crippen molar-refractivity contribution in [1.29, 1.82) is 0 Å². The minimum absolute atomic E-state index is 0.00911. The predicted molar refractivity (Wildman–Crippen MR) is 119 cm³/mol. The number of anilines is 1. The quantitative estimate of drug-likeness (QED) is 0.215. The van der Waals surface area contributed by atoms with Crippen LogP contribution in [0, 0.1) is 0 Å². The smallest absolute Gasteiger partial charge is 0.313 e. The molecule has 0 aliphatic heterocycles. The first-order valence-corrected chi connectivity index (χ1v) is 12.7. The van der Waals surface area contributed by atoms with Crippen LogP contribution in [0.4, 0.5) is 5.69 Å². The van der Waals surface area contributed by atoms with Gasteiger partial charge in [-0.15, -0.1) is 16.2 Å². The van der Waals surface area contributed by atoms with E-state index in [0.717, 1.165) is 35.5 Å². The minimum Gasteiger partial charge on any atom is -0.481 e. The first-order chi connectivity index (χ1) is 13.7. The Morgan fingerprint density at radius 2 is 1.90 bits per heavy atom. The Kier molecular flexibility index (Phi) is 12.0. The van der Waals surface area contributed by atoms with Crippen LogP contribution in [-0.2, 0) is 14.8 Å². The van der Waals surface area contributed by atoms with Crippen molar-refractivity contribution in [3.8, 4) is 0 Å². The highest BCUT2D eigenvalue weighted by Crippen LogP contribution is 2.22. The number of hydrogen-bond donors (Lipinski definition) is 3. The van der Waals surface area contributed by atoms with Crippen LogP contribution in [0.2, 0.25) is 0 Å². The Morgan fingerprint density at radius 3 is 2.48 bits per heavy atom. The number of carboxylic acids is 1. The molecule has 0 fully saturated rings. The second kappa shape index (κ2) is 13.6. The van der Waals surface area contributed by atoms with Crippen molar-refractivity contribution < 1.29 is 23.4 Å². The Morgan fingerprint density at radius 1 is 1.21 bits per heavy atom. The van der Waals surface area contributed by atoms with E-state index in [9.17, 15) is 18.3 Å². The summed E-state index contributed by atoms with van der Waals surface area (Å²) in [6.07, 6.45) is 9.15. The lowest BCUT2D eigenvalue weighted by molar-refractivity contribution is -0.133. The van der Waals surface area contributed by atoms with Gasteiger partial charge in [0, 0.05) is 5.75 Å². The summed E-state index contributed by atoms with van der Waals surface area (Å²) in [7, 11) is -3.49. The average Bonchev–Trinajstić information content (AvgIpc) is 2.66. The van der Waals surface area contributed by atoms with E-state index in [1.165, 1.54) is 18.2 Å². The highest BCUT2D eigenvalue weighted by molar-refractivity contribution is 8.00. The zero-order valence-electron chi connectivity index (χ0n) is 17.1. The number of carbonyl (C=O) groups is 1. The van der Waals surface area contributed by atoms with Gasteiger partial charge in [-0.25, -0.2) is 8.42 Å². The van der Waals surface area contributed by atoms with E-state index in [1.807, 2.05) is 0 Å². The normalized spacial score (nSPS) is 13.1. The van der Waals surface area contributed by atoms with Gasteiger partial charge >= 0.3 is 5.97 Å². The second-order valence-electron chi connectivity index (χ2n) is 6.77. The third-order valence-corrected chi connectivity index (χ3v) is 6.08. The van der Waals surface area contributed by atoms with E-state index in [-0.39, 0.29) is 12.3 Å². The Labute approximate surface area is 178 Å². The fraction of sp³-hybridized carbons (Fsp3) is 0.550. The van der Waals surface area contributed by atoms with Gasteiger partial charge in [0.15, 0.2) is 0 Å². The van der Waals surface area contributed by atoms with Crippen LogP contribution < -0.4 is 5.43 Å². The lowest BCUT2D eigenvalue weighted by Gasteiger charge is -2.21. The van der Waals surface area contributed by atoms with Crippen molar-refractivity contribution in [2.24, 2.45) is 0 Å². The second-order valence-corrected chi connectivity index (χ2v) is 9.71. The number of benzene rings is 1. The fourth-order valence-electron chi connectivity index (χ4n) is 2.57. The number of hydrogen-bond acceptors (Lipinski definition) is 6. The number of aliphatic carboxylic acids is 1. The molecule has 7 nitrogen and oxygen atoms in total. The maximum Gasteiger partial charge on any atom is 0.313 e. The number of carboxylic acid groups (broad SMARTS) is 1. The summed E-state index contributed by atoms with van der Waals surface area (Å²) in [5.41, 5.74) is 4.28. The lowest BCUT2D eigenvalue weighted by atomic mass is 10.0. The number of hydrazine groups is 1. The molecular weight excluding hydrogens is 412 g/mol. The van der Waals surface area contributed by atoms with Gasteiger partial charge in [-0.05, 0) is 24.1 Å². The molecule has 1 aromatic carbocycles. The van der Waals surface area contributed by atoms with Crippen molar-refractivity contribution in [3.63, 3.8) is 0 Å². The molecule has 0 heterocycles. The summed E-state index contributed by atoms with van der Waals surface area (Å²) in [6, 6.07) is 7.09. The van der Waals surface area contributed by atoms with Crippen LogP contribution in [0.25, 0.3) is 0 Å². The van der Waals surface area contributed by atoms with E-state index in [4.69, 9.17) is 5.11 Å². The molecule has 0 spiro atoms.